The van der Waals surface area contributed by atoms with Gasteiger partial charge in [-0.15, -0.1) is 0 Å². The Labute approximate surface area is 120 Å². The number of hydrogen-bond donors (Lipinski definition) is 2. The molecule has 1 fully saturated rings. The highest BCUT2D eigenvalue weighted by atomic mass is 16.5. The molecule has 110 valence electrons. The fraction of sp³-hybridized carbons (Fsp3) is 0.562. The fourth-order valence-electron chi connectivity index (χ4n) is 2.81. The van der Waals surface area contributed by atoms with E-state index < -0.39 is 0 Å². The molecule has 4 heteroatoms. The van der Waals surface area contributed by atoms with Gasteiger partial charge in [-0.2, -0.15) is 0 Å². The third-order valence-corrected chi connectivity index (χ3v) is 3.84. The van der Waals surface area contributed by atoms with E-state index in [1.807, 2.05) is 6.92 Å². The molecule has 4 nitrogen and oxygen atoms in total. The molecule has 2 atom stereocenters. The number of nitrogen functional groups attached to an aromatic ring is 1. The predicted molar refractivity (Wildman–Crippen MR) is 80.9 cm³/mol. The molecule has 1 amide bonds. The zero-order chi connectivity index (χ0) is 14.5. The van der Waals surface area contributed by atoms with Crippen molar-refractivity contribution in [1.82, 2.24) is 5.32 Å². The number of hydrogen-bond acceptors (Lipinski definition) is 3. The van der Waals surface area contributed by atoms with Gasteiger partial charge in [-0.1, -0.05) is 19.8 Å². The van der Waals surface area contributed by atoms with Gasteiger partial charge in [0, 0.05) is 11.6 Å². The average Bonchev–Trinajstić information content (AvgIpc) is 2.41. The Kier molecular flexibility index (Phi) is 4.88. The van der Waals surface area contributed by atoms with Crippen LogP contribution >= 0.6 is 0 Å². The van der Waals surface area contributed by atoms with E-state index in [2.05, 4.69) is 12.2 Å². The predicted octanol–water partition coefficient (Wildman–Crippen LogP) is 2.98. The maximum atomic E-state index is 12.2. The van der Waals surface area contributed by atoms with Crippen LogP contribution in [0.2, 0.25) is 0 Å². The molecule has 0 bridgehead atoms. The highest BCUT2D eigenvalue weighted by Crippen LogP contribution is 2.25. The largest absolute Gasteiger partial charge is 0.492 e. The van der Waals surface area contributed by atoms with Gasteiger partial charge in [0.05, 0.1) is 12.3 Å². The minimum atomic E-state index is -0.0427. The van der Waals surface area contributed by atoms with Gasteiger partial charge in [-0.05, 0) is 43.9 Å². The number of benzene rings is 1. The minimum absolute atomic E-state index is 0.0427. The zero-order valence-corrected chi connectivity index (χ0v) is 12.3. The van der Waals surface area contributed by atoms with Crippen LogP contribution in [0.15, 0.2) is 18.2 Å². The highest BCUT2D eigenvalue weighted by Gasteiger charge is 2.21. The van der Waals surface area contributed by atoms with Crippen molar-refractivity contribution in [2.75, 3.05) is 12.3 Å². The summed E-state index contributed by atoms with van der Waals surface area (Å²) >= 11 is 0. The highest BCUT2D eigenvalue weighted by molar-refractivity contribution is 5.95. The monoisotopic (exact) mass is 276 g/mol. The van der Waals surface area contributed by atoms with Crippen LogP contribution in [0.3, 0.4) is 0 Å². The number of carbonyl (C=O) groups is 1. The summed E-state index contributed by atoms with van der Waals surface area (Å²) in [6, 6.07) is 5.51. The third-order valence-electron chi connectivity index (χ3n) is 3.84. The molecule has 1 aliphatic rings. The summed E-state index contributed by atoms with van der Waals surface area (Å²) in [6.45, 7) is 4.72. The summed E-state index contributed by atoms with van der Waals surface area (Å²) in [4.78, 5) is 12.2. The van der Waals surface area contributed by atoms with E-state index in [1.165, 1.54) is 12.8 Å². The number of nitrogens with one attached hydrogen (secondary N) is 1. The van der Waals surface area contributed by atoms with Gasteiger partial charge >= 0.3 is 0 Å². The molecule has 1 aliphatic carbocycles. The first-order valence-electron chi connectivity index (χ1n) is 7.43. The maximum Gasteiger partial charge on any atom is 0.251 e. The second-order valence-corrected chi connectivity index (χ2v) is 5.63. The van der Waals surface area contributed by atoms with E-state index in [0.29, 0.717) is 35.6 Å². The van der Waals surface area contributed by atoms with Crippen LogP contribution in [0.1, 0.15) is 49.9 Å². The molecule has 2 rings (SSSR count). The van der Waals surface area contributed by atoms with E-state index in [-0.39, 0.29) is 5.91 Å². The maximum absolute atomic E-state index is 12.2. The van der Waals surface area contributed by atoms with Crippen molar-refractivity contribution < 1.29 is 9.53 Å². The molecule has 0 spiro atoms. The van der Waals surface area contributed by atoms with Gasteiger partial charge in [0.15, 0.2) is 0 Å². The van der Waals surface area contributed by atoms with Crippen LogP contribution in [0, 0.1) is 5.92 Å². The van der Waals surface area contributed by atoms with E-state index in [1.54, 1.807) is 18.2 Å². The van der Waals surface area contributed by atoms with Crippen LogP contribution < -0.4 is 15.8 Å². The summed E-state index contributed by atoms with van der Waals surface area (Å²) in [5.74, 6) is 1.29. The zero-order valence-electron chi connectivity index (χ0n) is 12.3. The first kappa shape index (κ1) is 14.7. The van der Waals surface area contributed by atoms with Crippen molar-refractivity contribution >= 4 is 11.6 Å². The Morgan fingerprint density at radius 2 is 2.25 bits per heavy atom. The molecule has 0 heterocycles. The number of anilines is 1. The topological polar surface area (TPSA) is 64.3 Å². The second kappa shape index (κ2) is 6.64. The molecule has 1 aromatic rings. The molecule has 1 saturated carbocycles. The molecule has 0 aromatic heterocycles. The number of nitrogens with two attached hydrogens (primary N) is 1. The smallest absolute Gasteiger partial charge is 0.251 e. The lowest BCUT2D eigenvalue weighted by Gasteiger charge is -2.27. The Morgan fingerprint density at radius 1 is 1.45 bits per heavy atom. The lowest BCUT2D eigenvalue weighted by molar-refractivity contribution is 0.0921. The van der Waals surface area contributed by atoms with Gasteiger partial charge in [-0.3, -0.25) is 4.79 Å². The van der Waals surface area contributed by atoms with Gasteiger partial charge in [0.25, 0.3) is 5.91 Å². The van der Waals surface area contributed by atoms with Crippen molar-refractivity contribution in [3.05, 3.63) is 23.8 Å². The first-order valence-corrected chi connectivity index (χ1v) is 7.43. The van der Waals surface area contributed by atoms with E-state index in [4.69, 9.17) is 10.5 Å². The lowest BCUT2D eigenvalue weighted by Crippen LogP contribution is -2.38. The second-order valence-electron chi connectivity index (χ2n) is 5.63. The number of rotatable bonds is 4. The Hall–Kier alpha value is -1.71. The summed E-state index contributed by atoms with van der Waals surface area (Å²) in [5.41, 5.74) is 7.01. The third kappa shape index (κ3) is 3.65. The molecule has 0 unspecified atom stereocenters. The summed E-state index contributed by atoms with van der Waals surface area (Å²) in [7, 11) is 0. The van der Waals surface area contributed by atoms with E-state index in [9.17, 15) is 4.79 Å². The lowest BCUT2D eigenvalue weighted by atomic mass is 9.87. The molecular formula is C16H24N2O2. The Morgan fingerprint density at radius 3 is 2.90 bits per heavy atom. The van der Waals surface area contributed by atoms with E-state index >= 15 is 0 Å². The normalized spacial score (nSPS) is 22.3. The summed E-state index contributed by atoms with van der Waals surface area (Å²) in [5, 5.41) is 3.11. The van der Waals surface area contributed by atoms with Gasteiger partial charge in [0.1, 0.15) is 5.75 Å². The molecule has 1 aromatic carbocycles. The summed E-state index contributed by atoms with van der Waals surface area (Å²) < 4.78 is 5.38. The van der Waals surface area contributed by atoms with Crippen LogP contribution in [0.4, 0.5) is 5.69 Å². The molecule has 20 heavy (non-hydrogen) atoms. The molecular weight excluding hydrogens is 252 g/mol. The van der Waals surface area contributed by atoms with Crippen molar-refractivity contribution in [3.8, 4) is 5.75 Å². The van der Waals surface area contributed by atoms with Crippen LogP contribution in [-0.4, -0.2) is 18.6 Å². The van der Waals surface area contributed by atoms with Crippen molar-refractivity contribution in [1.29, 1.82) is 0 Å². The van der Waals surface area contributed by atoms with Gasteiger partial charge < -0.3 is 15.8 Å². The quantitative estimate of drug-likeness (QED) is 0.831. The molecule has 0 radical (unpaired) electrons. The minimum Gasteiger partial charge on any atom is -0.492 e. The summed E-state index contributed by atoms with van der Waals surface area (Å²) in [6.07, 6.45) is 4.60. The van der Waals surface area contributed by atoms with Crippen LogP contribution in [-0.2, 0) is 0 Å². The van der Waals surface area contributed by atoms with Crippen LogP contribution in [0.25, 0.3) is 0 Å². The van der Waals surface area contributed by atoms with Crippen LogP contribution in [0.5, 0.6) is 5.75 Å². The standard InChI is InChI=1S/C16H24N2O2/c1-3-20-15-8-7-12(10-14(15)17)16(19)18-13-6-4-5-11(2)9-13/h7-8,10-11,13H,3-6,9,17H2,1-2H3,(H,18,19)/t11-,13+/m1/s1. The molecule has 0 aliphatic heterocycles. The SMILES string of the molecule is CCOc1ccc(C(=O)N[C@H]2CCC[C@@H](C)C2)cc1N. The van der Waals surface area contributed by atoms with Crippen molar-refractivity contribution in [2.45, 2.75) is 45.6 Å². The van der Waals surface area contributed by atoms with Gasteiger partial charge in [0.2, 0.25) is 0 Å². The number of ether oxygens (including phenoxy) is 1. The number of amides is 1. The first-order chi connectivity index (χ1) is 9.60. The Balaban J connectivity index is 2.00. The van der Waals surface area contributed by atoms with Crippen molar-refractivity contribution in [3.63, 3.8) is 0 Å². The Bertz CT molecular complexity index is 474. The van der Waals surface area contributed by atoms with Crippen molar-refractivity contribution in [2.24, 2.45) is 5.92 Å². The van der Waals surface area contributed by atoms with Gasteiger partial charge in [-0.25, -0.2) is 0 Å². The number of carbonyl (C=O) groups excluding carboxylic acids is 1. The van der Waals surface area contributed by atoms with E-state index in [0.717, 1.165) is 12.8 Å². The average molecular weight is 276 g/mol. The molecule has 0 saturated heterocycles. The fourth-order valence-corrected chi connectivity index (χ4v) is 2.81. The molecule has 3 N–H and O–H groups in total.